The van der Waals surface area contributed by atoms with Crippen molar-refractivity contribution >= 4 is 0 Å². The van der Waals surface area contributed by atoms with Gasteiger partial charge < -0.3 is 5.32 Å². The van der Waals surface area contributed by atoms with Crippen LogP contribution in [0.15, 0.2) is 12.2 Å². The lowest BCUT2D eigenvalue weighted by atomic mass is 10.2. The van der Waals surface area contributed by atoms with Crippen molar-refractivity contribution in [3.63, 3.8) is 0 Å². The maximum Gasteiger partial charge on any atom is 0.0276 e. The van der Waals surface area contributed by atoms with Crippen LogP contribution in [-0.4, -0.2) is 62.2 Å². The van der Waals surface area contributed by atoms with Crippen LogP contribution in [0.2, 0.25) is 0 Å². The molecule has 1 N–H and O–H groups in total. The smallest absolute Gasteiger partial charge is 0.0276 e. The minimum absolute atomic E-state index is 0.702. The summed E-state index contributed by atoms with van der Waals surface area (Å²) in [6, 6.07) is 0.702. The van der Waals surface area contributed by atoms with Gasteiger partial charge in [0.05, 0.1) is 0 Å². The largest absolute Gasteiger partial charge is 0.314 e. The topological polar surface area (TPSA) is 18.5 Å². The first-order chi connectivity index (χ1) is 7.36. The molecule has 0 spiro atoms. The van der Waals surface area contributed by atoms with E-state index in [-0.39, 0.29) is 0 Å². The molecule has 0 aromatic heterocycles. The van der Waals surface area contributed by atoms with Gasteiger partial charge in [-0.3, -0.25) is 9.80 Å². The average molecular weight is 209 g/mol. The fourth-order valence-electron chi connectivity index (χ4n) is 2.44. The van der Waals surface area contributed by atoms with Gasteiger partial charge in [0.15, 0.2) is 0 Å². The number of hydrogen-bond acceptors (Lipinski definition) is 3. The molecule has 2 heterocycles. The van der Waals surface area contributed by atoms with Crippen LogP contribution in [-0.2, 0) is 0 Å². The highest BCUT2D eigenvalue weighted by molar-refractivity contribution is 4.98. The van der Waals surface area contributed by atoms with Gasteiger partial charge in [-0.05, 0) is 26.4 Å². The second-order valence-electron chi connectivity index (χ2n) is 4.67. The number of nitrogens with zero attached hydrogens (tertiary/aromatic N) is 2. The number of likely N-dealkylation sites (tertiary alicyclic amines) is 1. The Balaban J connectivity index is 1.69. The van der Waals surface area contributed by atoms with Crippen molar-refractivity contribution < 1.29 is 0 Å². The van der Waals surface area contributed by atoms with E-state index >= 15 is 0 Å². The highest BCUT2D eigenvalue weighted by Gasteiger charge is 2.17. The van der Waals surface area contributed by atoms with Gasteiger partial charge in [-0.1, -0.05) is 12.2 Å². The molecule has 0 saturated carbocycles. The molecule has 2 fully saturated rings. The lowest BCUT2D eigenvalue weighted by molar-refractivity contribution is 0.264. The Hall–Kier alpha value is -0.380. The summed E-state index contributed by atoms with van der Waals surface area (Å²) in [5.74, 6) is 0. The molecular weight excluding hydrogens is 186 g/mol. The van der Waals surface area contributed by atoms with E-state index in [1.165, 1.54) is 32.5 Å². The van der Waals surface area contributed by atoms with Crippen LogP contribution < -0.4 is 5.32 Å². The lowest BCUT2D eigenvalue weighted by Gasteiger charge is -2.26. The van der Waals surface area contributed by atoms with Crippen molar-refractivity contribution in [1.29, 1.82) is 0 Å². The molecular formula is C12H23N3. The fourth-order valence-corrected chi connectivity index (χ4v) is 2.44. The summed E-state index contributed by atoms with van der Waals surface area (Å²) in [7, 11) is 2.23. The molecule has 3 nitrogen and oxygen atoms in total. The zero-order valence-corrected chi connectivity index (χ0v) is 9.78. The second-order valence-corrected chi connectivity index (χ2v) is 4.67. The Morgan fingerprint density at radius 2 is 2.07 bits per heavy atom. The fraction of sp³-hybridized carbons (Fsp3) is 0.833. The quantitative estimate of drug-likeness (QED) is 0.685. The Labute approximate surface area is 93.1 Å². The van der Waals surface area contributed by atoms with Crippen molar-refractivity contribution in [2.75, 3.05) is 46.3 Å². The predicted octanol–water partition coefficient (Wildman–Crippen LogP) is 0.542. The summed E-state index contributed by atoms with van der Waals surface area (Å²) < 4.78 is 0. The van der Waals surface area contributed by atoms with E-state index in [0.29, 0.717) is 6.04 Å². The summed E-state index contributed by atoms with van der Waals surface area (Å²) in [6.07, 6.45) is 7.46. The monoisotopic (exact) mass is 209 g/mol. The molecule has 86 valence electrons. The predicted molar refractivity (Wildman–Crippen MR) is 64.1 cm³/mol. The number of piperazine rings is 1. The molecule has 2 saturated heterocycles. The summed E-state index contributed by atoms with van der Waals surface area (Å²) in [4.78, 5) is 4.97. The van der Waals surface area contributed by atoms with E-state index in [2.05, 4.69) is 34.3 Å². The summed E-state index contributed by atoms with van der Waals surface area (Å²) >= 11 is 0. The van der Waals surface area contributed by atoms with Gasteiger partial charge in [-0.15, -0.1) is 0 Å². The SMILES string of the molecule is CN1CCCC1/C=C\CN1CCNCC1. The third kappa shape index (κ3) is 3.30. The normalized spacial score (nSPS) is 30.3. The Bertz CT molecular complexity index is 209. The van der Waals surface area contributed by atoms with E-state index < -0.39 is 0 Å². The molecule has 1 unspecified atom stereocenters. The number of likely N-dealkylation sites (N-methyl/N-ethyl adjacent to an activating group) is 1. The van der Waals surface area contributed by atoms with Crippen LogP contribution in [0.5, 0.6) is 0 Å². The van der Waals surface area contributed by atoms with Crippen LogP contribution in [0.25, 0.3) is 0 Å². The van der Waals surface area contributed by atoms with Crippen LogP contribution in [0, 0.1) is 0 Å². The van der Waals surface area contributed by atoms with Crippen LogP contribution in [0.3, 0.4) is 0 Å². The maximum absolute atomic E-state index is 3.38. The number of rotatable bonds is 3. The van der Waals surface area contributed by atoms with Gasteiger partial charge in [-0.25, -0.2) is 0 Å². The number of nitrogens with one attached hydrogen (secondary N) is 1. The Morgan fingerprint density at radius 3 is 2.73 bits per heavy atom. The summed E-state index contributed by atoms with van der Waals surface area (Å²) in [5, 5.41) is 3.38. The molecule has 0 aliphatic carbocycles. The molecule has 0 amide bonds. The minimum Gasteiger partial charge on any atom is -0.314 e. The van der Waals surface area contributed by atoms with Gasteiger partial charge in [0.2, 0.25) is 0 Å². The second kappa shape index (κ2) is 5.64. The Morgan fingerprint density at radius 1 is 1.27 bits per heavy atom. The molecule has 0 aromatic carbocycles. The lowest BCUT2D eigenvalue weighted by Crippen LogP contribution is -2.43. The molecule has 2 rings (SSSR count). The molecule has 0 radical (unpaired) electrons. The first-order valence-corrected chi connectivity index (χ1v) is 6.16. The van der Waals surface area contributed by atoms with Crippen molar-refractivity contribution in [2.24, 2.45) is 0 Å². The van der Waals surface area contributed by atoms with Gasteiger partial charge in [-0.2, -0.15) is 0 Å². The van der Waals surface area contributed by atoms with Crippen molar-refractivity contribution in [3.8, 4) is 0 Å². The van der Waals surface area contributed by atoms with Crippen molar-refractivity contribution in [3.05, 3.63) is 12.2 Å². The maximum atomic E-state index is 3.38. The molecule has 0 aromatic rings. The molecule has 15 heavy (non-hydrogen) atoms. The van der Waals surface area contributed by atoms with Crippen molar-refractivity contribution in [2.45, 2.75) is 18.9 Å². The van der Waals surface area contributed by atoms with Crippen LogP contribution in [0.4, 0.5) is 0 Å². The zero-order valence-electron chi connectivity index (χ0n) is 9.78. The third-order valence-electron chi connectivity index (χ3n) is 3.51. The zero-order chi connectivity index (χ0) is 10.5. The first kappa shape index (κ1) is 11.1. The Kier molecular flexibility index (Phi) is 4.18. The van der Waals surface area contributed by atoms with Gasteiger partial charge in [0, 0.05) is 38.8 Å². The molecule has 1 atom stereocenters. The standard InChI is InChI=1S/C12H23N3/c1-14-8-2-4-12(14)5-3-9-15-10-6-13-7-11-15/h3,5,12-13H,2,4,6-11H2,1H3/b5-3-. The molecule has 3 heteroatoms. The average Bonchev–Trinajstić information content (AvgIpc) is 2.66. The first-order valence-electron chi connectivity index (χ1n) is 6.16. The molecule has 0 bridgehead atoms. The van der Waals surface area contributed by atoms with E-state index in [9.17, 15) is 0 Å². The third-order valence-corrected chi connectivity index (χ3v) is 3.51. The van der Waals surface area contributed by atoms with E-state index in [4.69, 9.17) is 0 Å². The molecule has 2 aliphatic heterocycles. The van der Waals surface area contributed by atoms with E-state index in [1.54, 1.807) is 0 Å². The van der Waals surface area contributed by atoms with Crippen molar-refractivity contribution in [1.82, 2.24) is 15.1 Å². The van der Waals surface area contributed by atoms with E-state index in [1.807, 2.05) is 0 Å². The summed E-state index contributed by atoms with van der Waals surface area (Å²) in [6.45, 7) is 7.10. The molecule has 2 aliphatic rings. The highest BCUT2D eigenvalue weighted by Crippen LogP contribution is 2.15. The van der Waals surface area contributed by atoms with E-state index in [0.717, 1.165) is 19.6 Å². The van der Waals surface area contributed by atoms with Crippen LogP contribution in [0.1, 0.15) is 12.8 Å². The number of hydrogen-bond donors (Lipinski definition) is 1. The van der Waals surface area contributed by atoms with Gasteiger partial charge in [0.25, 0.3) is 0 Å². The van der Waals surface area contributed by atoms with Gasteiger partial charge >= 0.3 is 0 Å². The minimum atomic E-state index is 0.702. The van der Waals surface area contributed by atoms with Gasteiger partial charge in [0.1, 0.15) is 0 Å². The van der Waals surface area contributed by atoms with Crippen LogP contribution >= 0.6 is 0 Å². The summed E-state index contributed by atoms with van der Waals surface area (Å²) in [5.41, 5.74) is 0. The highest BCUT2D eigenvalue weighted by atomic mass is 15.2.